The standard InChI is InChI=1S/C16H17N3/c1-16(2)17-14(12-8-5-4-6-9-12)15(18-16)13-10-7-11-19(13)3/h4-11H,1-3H3. The number of hydrogen-bond donors (Lipinski definition) is 0. The zero-order valence-electron chi connectivity index (χ0n) is 11.5. The summed E-state index contributed by atoms with van der Waals surface area (Å²) >= 11 is 0. The highest BCUT2D eigenvalue weighted by Gasteiger charge is 2.29. The summed E-state index contributed by atoms with van der Waals surface area (Å²) in [7, 11) is 2.03. The third kappa shape index (κ3) is 2.12. The van der Waals surface area contributed by atoms with E-state index in [1.54, 1.807) is 0 Å². The van der Waals surface area contributed by atoms with Crippen LogP contribution in [0.1, 0.15) is 25.1 Å². The molecule has 0 radical (unpaired) electrons. The number of aromatic nitrogens is 1. The zero-order valence-corrected chi connectivity index (χ0v) is 11.5. The van der Waals surface area contributed by atoms with Gasteiger partial charge in [0.1, 0.15) is 11.4 Å². The monoisotopic (exact) mass is 251 g/mol. The van der Waals surface area contributed by atoms with E-state index in [9.17, 15) is 0 Å². The molecule has 1 aliphatic heterocycles. The van der Waals surface area contributed by atoms with Crippen LogP contribution in [0.4, 0.5) is 0 Å². The van der Waals surface area contributed by atoms with E-state index in [0.29, 0.717) is 0 Å². The van der Waals surface area contributed by atoms with Gasteiger partial charge in [-0.2, -0.15) is 0 Å². The van der Waals surface area contributed by atoms with Crippen LogP contribution in [0.25, 0.3) is 0 Å². The van der Waals surface area contributed by atoms with Crippen LogP contribution in [0.15, 0.2) is 58.6 Å². The van der Waals surface area contributed by atoms with Crippen molar-refractivity contribution in [3.63, 3.8) is 0 Å². The topological polar surface area (TPSA) is 29.6 Å². The molecular weight excluding hydrogens is 234 g/mol. The molecule has 2 aromatic rings. The van der Waals surface area contributed by atoms with Gasteiger partial charge < -0.3 is 4.57 Å². The highest BCUT2D eigenvalue weighted by Crippen LogP contribution is 2.24. The SMILES string of the molecule is Cn1cccc1C1=NC(C)(C)N=C1c1ccccc1. The van der Waals surface area contributed by atoms with Crippen molar-refractivity contribution in [2.24, 2.45) is 17.0 Å². The number of aryl methyl sites for hydroxylation is 1. The molecule has 0 amide bonds. The first kappa shape index (κ1) is 11.9. The summed E-state index contributed by atoms with van der Waals surface area (Å²) in [5.41, 5.74) is 3.79. The van der Waals surface area contributed by atoms with Crippen LogP contribution < -0.4 is 0 Å². The zero-order chi connectivity index (χ0) is 13.5. The van der Waals surface area contributed by atoms with Gasteiger partial charge in [0.25, 0.3) is 0 Å². The van der Waals surface area contributed by atoms with E-state index in [0.717, 1.165) is 22.7 Å². The third-order valence-corrected chi connectivity index (χ3v) is 3.23. The fourth-order valence-corrected chi connectivity index (χ4v) is 2.36. The molecule has 0 atom stereocenters. The van der Waals surface area contributed by atoms with Gasteiger partial charge in [0.15, 0.2) is 0 Å². The van der Waals surface area contributed by atoms with Crippen molar-refractivity contribution in [2.45, 2.75) is 19.5 Å². The lowest BCUT2D eigenvalue weighted by atomic mass is 10.0. The fourth-order valence-electron chi connectivity index (χ4n) is 2.36. The summed E-state index contributed by atoms with van der Waals surface area (Å²) in [6.07, 6.45) is 2.03. The largest absolute Gasteiger partial charge is 0.349 e. The van der Waals surface area contributed by atoms with E-state index in [1.807, 2.05) is 51.4 Å². The first-order valence-electron chi connectivity index (χ1n) is 6.44. The molecule has 0 bridgehead atoms. The van der Waals surface area contributed by atoms with E-state index in [2.05, 4.69) is 22.8 Å². The fraction of sp³-hybridized carbons (Fsp3) is 0.250. The molecule has 1 aromatic carbocycles. The van der Waals surface area contributed by atoms with Crippen molar-refractivity contribution < 1.29 is 0 Å². The molecule has 96 valence electrons. The molecular formula is C16H17N3. The van der Waals surface area contributed by atoms with Crippen LogP contribution in [0.2, 0.25) is 0 Å². The average molecular weight is 251 g/mol. The molecule has 0 fully saturated rings. The van der Waals surface area contributed by atoms with Gasteiger partial charge in [0.2, 0.25) is 0 Å². The summed E-state index contributed by atoms with van der Waals surface area (Å²) in [5.74, 6) is 0. The van der Waals surface area contributed by atoms with Crippen LogP contribution >= 0.6 is 0 Å². The normalized spacial score (nSPS) is 17.2. The predicted molar refractivity (Wildman–Crippen MR) is 79.0 cm³/mol. The Kier molecular flexibility index (Phi) is 2.63. The van der Waals surface area contributed by atoms with Gasteiger partial charge in [-0.25, -0.2) is 0 Å². The molecule has 3 rings (SSSR count). The van der Waals surface area contributed by atoms with E-state index in [4.69, 9.17) is 9.98 Å². The molecule has 2 heterocycles. The van der Waals surface area contributed by atoms with Gasteiger partial charge >= 0.3 is 0 Å². The summed E-state index contributed by atoms with van der Waals surface area (Å²) in [6, 6.07) is 14.4. The van der Waals surface area contributed by atoms with Gasteiger partial charge in [-0.3, -0.25) is 9.98 Å². The van der Waals surface area contributed by atoms with Crippen LogP contribution in [0, 0.1) is 0 Å². The number of aliphatic imine (C=N–C) groups is 2. The molecule has 0 unspecified atom stereocenters. The Morgan fingerprint density at radius 1 is 0.895 bits per heavy atom. The lowest BCUT2D eigenvalue weighted by molar-refractivity contribution is 0.566. The Hall–Kier alpha value is -2.16. The molecule has 0 saturated heterocycles. The Morgan fingerprint density at radius 2 is 1.58 bits per heavy atom. The Morgan fingerprint density at radius 3 is 2.21 bits per heavy atom. The molecule has 0 N–H and O–H groups in total. The Bertz CT molecular complexity index is 660. The molecule has 1 aliphatic rings. The first-order chi connectivity index (χ1) is 9.07. The summed E-state index contributed by atoms with van der Waals surface area (Å²) < 4.78 is 2.08. The lowest BCUT2D eigenvalue weighted by Gasteiger charge is -2.07. The molecule has 1 aromatic heterocycles. The van der Waals surface area contributed by atoms with E-state index >= 15 is 0 Å². The lowest BCUT2D eigenvalue weighted by Crippen LogP contribution is -2.16. The van der Waals surface area contributed by atoms with Gasteiger partial charge in [-0.15, -0.1) is 0 Å². The summed E-state index contributed by atoms with van der Waals surface area (Å²) in [4.78, 5) is 9.54. The molecule has 0 spiro atoms. The van der Waals surface area contributed by atoms with Gasteiger partial charge in [-0.1, -0.05) is 30.3 Å². The molecule has 0 saturated carbocycles. The minimum absolute atomic E-state index is 0.384. The minimum Gasteiger partial charge on any atom is -0.349 e. The molecule has 3 nitrogen and oxygen atoms in total. The second-order valence-electron chi connectivity index (χ2n) is 5.29. The summed E-state index contributed by atoms with van der Waals surface area (Å²) in [6.45, 7) is 4.07. The number of hydrogen-bond acceptors (Lipinski definition) is 2. The van der Waals surface area contributed by atoms with Gasteiger partial charge in [0.05, 0.1) is 11.4 Å². The van der Waals surface area contributed by atoms with Crippen molar-refractivity contribution in [3.8, 4) is 0 Å². The highest BCUT2D eigenvalue weighted by molar-refractivity contribution is 6.54. The first-order valence-corrected chi connectivity index (χ1v) is 6.44. The van der Waals surface area contributed by atoms with E-state index in [-0.39, 0.29) is 5.66 Å². The van der Waals surface area contributed by atoms with Crippen molar-refractivity contribution in [1.82, 2.24) is 4.57 Å². The van der Waals surface area contributed by atoms with Crippen LogP contribution in [-0.2, 0) is 7.05 Å². The average Bonchev–Trinajstić information content (AvgIpc) is 2.93. The third-order valence-electron chi connectivity index (χ3n) is 3.23. The van der Waals surface area contributed by atoms with Gasteiger partial charge in [0, 0.05) is 18.8 Å². The molecule has 3 heteroatoms. The number of rotatable bonds is 2. The molecule has 0 aliphatic carbocycles. The maximum absolute atomic E-state index is 4.77. The Labute approximate surface area is 113 Å². The van der Waals surface area contributed by atoms with Crippen LogP contribution in [0.3, 0.4) is 0 Å². The quantitative estimate of drug-likeness (QED) is 0.785. The minimum atomic E-state index is -0.384. The molecule has 19 heavy (non-hydrogen) atoms. The van der Waals surface area contributed by atoms with Crippen molar-refractivity contribution in [3.05, 3.63) is 59.9 Å². The van der Waals surface area contributed by atoms with Crippen molar-refractivity contribution in [1.29, 1.82) is 0 Å². The summed E-state index contributed by atoms with van der Waals surface area (Å²) in [5, 5.41) is 0. The maximum Gasteiger partial charge on any atom is 0.146 e. The van der Waals surface area contributed by atoms with Crippen LogP contribution in [-0.4, -0.2) is 21.7 Å². The number of nitrogens with zero attached hydrogens (tertiary/aromatic N) is 3. The van der Waals surface area contributed by atoms with E-state index < -0.39 is 0 Å². The second-order valence-corrected chi connectivity index (χ2v) is 5.29. The smallest absolute Gasteiger partial charge is 0.146 e. The van der Waals surface area contributed by atoms with Crippen molar-refractivity contribution in [2.75, 3.05) is 0 Å². The predicted octanol–water partition coefficient (Wildman–Crippen LogP) is 3.05. The highest BCUT2D eigenvalue weighted by atomic mass is 15.1. The Balaban J connectivity index is 2.14. The maximum atomic E-state index is 4.77. The van der Waals surface area contributed by atoms with Gasteiger partial charge in [-0.05, 0) is 26.0 Å². The number of benzene rings is 1. The van der Waals surface area contributed by atoms with Crippen molar-refractivity contribution >= 4 is 11.4 Å². The van der Waals surface area contributed by atoms with E-state index in [1.165, 1.54) is 0 Å². The second kappa shape index (κ2) is 4.19. The van der Waals surface area contributed by atoms with Crippen LogP contribution in [0.5, 0.6) is 0 Å².